The van der Waals surface area contributed by atoms with Crippen LogP contribution in [0.25, 0.3) is 0 Å². The highest BCUT2D eigenvalue weighted by Gasteiger charge is 1.88. The molecule has 0 N–H and O–H groups in total. The lowest BCUT2D eigenvalue weighted by molar-refractivity contribution is 0.824. The predicted molar refractivity (Wildman–Crippen MR) is 40.4 cm³/mol. The van der Waals surface area contributed by atoms with Crippen LogP contribution in [-0.4, -0.2) is 6.54 Å². The lowest BCUT2D eigenvalue weighted by Crippen LogP contribution is -1.98. The molecule has 49 valence electrons. The molecule has 0 bridgehead atoms. The molecule has 0 unspecified atom stereocenters. The molecule has 0 atom stereocenters. The summed E-state index contributed by atoms with van der Waals surface area (Å²) in [6.07, 6.45) is 1.04. The second-order valence-corrected chi connectivity index (χ2v) is 2.81. The van der Waals surface area contributed by atoms with E-state index in [1.165, 1.54) is 4.88 Å². The van der Waals surface area contributed by atoms with E-state index in [0.717, 1.165) is 13.0 Å². The summed E-state index contributed by atoms with van der Waals surface area (Å²) in [6.45, 7) is 0.848. The molecule has 1 aromatic heterocycles. The Morgan fingerprint density at radius 2 is 2.56 bits per heavy atom. The Balaban J connectivity index is 2.30. The van der Waals surface area contributed by atoms with Crippen LogP contribution >= 0.6 is 11.3 Å². The van der Waals surface area contributed by atoms with Gasteiger partial charge >= 0.3 is 0 Å². The molecular formula is C7H9NS-. The molecular weight excluding hydrogens is 130 g/mol. The molecule has 2 heteroatoms. The van der Waals surface area contributed by atoms with Gasteiger partial charge in [-0.1, -0.05) is 6.07 Å². The van der Waals surface area contributed by atoms with Gasteiger partial charge in [0, 0.05) is 4.88 Å². The van der Waals surface area contributed by atoms with Crippen LogP contribution in [-0.2, 0) is 6.42 Å². The molecule has 9 heavy (non-hydrogen) atoms. The van der Waals surface area contributed by atoms with E-state index in [2.05, 4.69) is 29.9 Å². The fraction of sp³-hybridized carbons (Fsp3) is 0.286. The first-order chi connectivity index (χ1) is 4.43. The van der Waals surface area contributed by atoms with Crippen LogP contribution in [0.2, 0.25) is 0 Å². The summed E-state index contributed by atoms with van der Waals surface area (Å²) in [6, 6.07) is 4.18. The van der Waals surface area contributed by atoms with Gasteiger partial charge < -0.3 is 5.32 Å². The molecule has 0 aliphatic rings. The van der Waals surface area contributed by atoms with Crippen LogP contribution in [0.5, 0.6) is 0 Å². The second-order valence-electron chi connectivity index (χ2n) is 1.78. The Morgan fingerprint density at radius 1 is 1.67 bits per heavy atom. The third kappa shape index (κ3) is 2.16. The van der Waals surface area contributed by atoms with Crippen molar-refractivity contribution in [2.75, 3.05) is 6.54 Å². The van der Waals surface area contributed by atoms with Crippen molar-refractivity contribution in [2.45, 2.75) is 6.42 Å². The molecule has 1 radical (unpaired) electrons. The standard InChI is InChI=1S/C7H9NS/c1-8-5-4-7-3-2-6-9-7/h2-3,6H,1,4-5H2/q-1. The summed E-state index contributed by atoms with van der Waals surface area (Å²) < 4.78 is 0. The first-order valence-electron chi connectivity index (χ1n) is 2.88. The monoisotopic (exact) mass is 139 g/mol. The fourth-order valence-corrected chi connectivity index (χ4v) is 1.34. The highest BCUT2D eigenvalue weighted by molar-refractivity contribution is 7.09. The second kappa shape index (κ2) is 3.64. The molecule has 0 saturated carbocycles. The summed E-state index contributed by atoms with van der Waals surface area (Å²) in [7, 11) is 3.41. The van der Waals surface area contributed by atoms with E-state index in [-0.39, 0.29) is 0 Å². The minimum Gasteiger partial charge on any atom is -0.424 e. The van der Waals surface area contributed by atoms with Crippen molar-refractivity contribution in [1.29, 1.82) is 0 Å². The quantitative estimate of drug-likeness (QED) is 0.566. The van der Waals surface area contributed by atoms with E-state index in [0.29, 0.717) is 0 Å². The molecule has 0 amide bonds. The van der Waals surface area contributed by atoms with Crippen LogP contribution in [0.4, 0.5) is 0 Å². The number of hydrogen-bond donors (Lipinski definition) is 0. The molecule has 1 nitrogen and oxygen atoms in total. The molecule has 1 aromatic rings. The zero-order chi connectivity index (χ0) is 6.53. The first kappa shape index (κ1) is 6.78. The van der Waals surface area contributed by atoms with E-state index < -0.39 is 0 Å². The average molecular weight is 139 g/mol. The Hall–Kier alpha value is -0.340. The van der Waals surface area contributed by atoms with Gasteiger partial charge in [-0.25, -0.2) is 0 Å². The highest BCUT2D eigenvalue weighted by atomic mass is 32.1. The van der Waals surface area contributed by atoms with E-state index in [9.17, 15) is 0 Å². The summed E-state index contributed by atoms with van der Waals surface area (Å²) in [5, 5.41) is 5.85. The van der Waals surface area contributed by atoms with Gasteiger partial charge in [-0.15, -0.1) is 11.3 Å². The predicted octanol–water partition coefficient (Wildman–Crippen LogP) is 1.69. The third-order valence-electron chi connectivity index (χ3n) is 1.10. The number of nitrogens with zero attached hydrogens (tertiary/aromatic N) is 1. The number of thiophene rings is 1. The van der Waals surface area contributed by atoms with Crippen molar-refractivity contribution in [1.82, 2.24) is 5.32 Å². The van der Waals surface area contributed by atoms with E-state index in [1.54, 1.807) is 11.3 Å². The summed E-state index contributed by atoms with van der Waals surface area (Å²) in [4.78, 5) is 1.39. The molecule has 0 saturated heterocycles. The summed E-state index contributed by atoms with van der Waals surface area (Å²) in [5.41, 5.74) is 0. The fourth-order valence-electron chi connectivity index (χ4n) is 0.644. The largest absolute Gasteiger partial charge is 0.424 e. The average Bonchev–Trinajstić information content (AvgIpc) is 2.34. The first-order valence-corrected chi connectivity index (χ1v) is 3.76. The van der Waals surface area contributed by atoms with Gasteiger partial charge in [0.2, 0.25) is 0 Å². The van der Waals surface area contributed by atoms with Gasteiger partial charge in [0.15, 0.2) is 0 Å². The van der Waals surface area contributed by atoms with Gasteiger partial charge in [-0.05, 0) is 24.4 Å². The Labute approximate surface area is 59.7 Å². The lowest BCUT2D eigenvalue weighted by atomic mass is 10.3. The van der Waals surface area contributed by atoms with E-state index >= 15 is 0 Å². The SMILES string of the molecule is [CH2-][N]CCc1cccs1. The summed E-state index contributed by atoms with van der Waals surface area (Å²) in [5.74, 6) is 0. The van der Waals surface area contributed by atoms with Crippen LogP contribution in [0.1, 0.15) is 4.88 Å². The topological polar surface area (TPSA) is 14.1 Å². The van der Waals surface area contributed by atoms with Crippen molar-refractivity contribution in [3.8, 4) is 0 Å². The van der Waals surface area contributed by atoms with Crippen molar-refractivity contribution in [2.24, 2.45) is 0 Å². The van der Waals surface area contributed by atoms with Crippen molar-refractivity contribution >= 4 is 11.3 Å². The van der Waals surface area contributed by atoms with E-state index in [4.69, 9.17) is 0 Å². The van der Waals surface area contributed by atoms with Crippen molar-refractivity contribution in [3.05, 3.63) is 29.4 Å². The molecule has 0 aliphatic heterocycles. The third-order valence-corrected chi connectivity index (χ3v) is 2.03. The molecule has 0 fully saturated rings. The smallest absolute Gasteiger partial charge is 0.00574 e. The van der Waals surface area contributed by atoms with Crippen LogP contribution < -0.4 is 5.32 Å². The zero-order valence-electron chi connectivity index (χ0n) is 5.21. The van der Waals surface area contributed by atoms with Crippen molar-refractivity contribution < 1.29 is 0 Å². The normalized spacial score (nSPS) is 9.89. The van der Waals surface area contributed by atoms with Gasteiger partial charge in [-0.3, -0.25) is 7.05 Å². The Kier molecular flexibility index (Phi) is 2.74. The molecule has 0 aromatic carbocycles. The lowest BCUT2D eigenvalue weighted by Gasteiger charge is -1.97. The molecule has 0 aliphatic carbocycles. The number of rotatable bonds is 3. The highest BCUT2D eigenvalue weighted by Crippen LogP contribution is 2.07. The van der Waals surface area contributed by atoms with Crippen LogP contribution in [0.15, 0.2) is 17.5 Å². The van der Waals surface area contributed by atoms with Gasteiger partial charge in [-0.2, -0.15) is 0 Å². The molecule has 0 spiro atoms. The Bertz CT molecular complexity index is 146. The molecule has 1 heterocycles. The summed E-state index contributed by atoms with van der Waals surface area (Å²) >= 11 is 1.78. The maximum atomic E-state index is 3.77. The maximum Gasteiger partial charge on any atom is 0.00574 e. The minimum absolute atomic E-state index is 0.848. The minimum atomic E-state index is 0.848. The van der Waals surface area contributed by atoms with Gasteiger partial charge in [0.1, 0.15) is 0 Å². The van der Waals surface area contributed by atoms with Crippen LogP contribution in [0, 0.1) is 7.05 Å². The zero-order valence-corrected chi connectivity index (χ0v) is 6.03. The molecule has 1 rings (SSSR count). The van der Waals surface area contributed by atoms with Gasteiger partial charge in [0.25, 0.3) is 0 Å². The van der Waals surface area contributed by atoms with E-state index in [1.807, 2.05) is 0 Å². The van der Waals surface area contributed by atoms with Crippen molar-refractivity contribution in [3.63, 3.8) is 0 Å². The Morgan fingerprint density at radius 3 is 3.11 bits per heavy atom. The van der Waals surface area contributed by atoms with Gasteiger partial charge in [0.05, 0.1) is 0 Å². The number of hydrogen-bond acceptors (Lipinski definition) is 1. The maximum absolute atomic E-state index is 3.77. The van der Waals surface area contributed by atoms with Crippen LogP contribution in [0.3, 0.4) is 0 Å².